The molecule has 2 heterocycles. The molecule has 2 rings (SSSR count). The second-order valence-corrected chi connectivity index (χ2v) is 5.63. The predicted octanol–water partition coefficient (Wildman–Crippen LogP) is 1.86. The molecule has 1 atom stereocenters. The number of hydrogen-bond acceptors (Lipinski definition) is 3. The summed E-state index contributed by atoms with van der Waals surface area (Å²) in [5, 5.41) is 3.45. The lowest BCUT2D eigenvalue weighted by Crippen LogP contribution is -2.50. The molecule has 0 saturated carbocycles. The van der Waals surface area contributed by atoms with Gasteiger partial charge in [-0.05, 0) is 58.8 Å². The minimum Gasteiger partial charge on any atom is -0.317 e. The van der Waals surface area contributed by atoms with Crippen LogP contribution in [0.3, 0.4) is 0 Å². The van der Waals surface area contributed by atoms with Crippen LogP contribution in [0.25, 0.3) is 0 Å². The molecule has 0 bridgehead atoms. The highest BCUT2D eigenvalue weighted by atomic mass is 35.5. The maximum atomic E-state index is 3.45. The van der Waals surface area contributed by atoms with Crippen molar-refractivity contribution in [3.8, 4) is 0 Å². The van der Waals surface area contributed by atoms with Crippen molar-refractivity contribution in [2.24, 2.45) is 5.92 Å². The molecule has 2 saturated heterocycles. The molecule has 5 heteroatoms. The van der Waals surface area contributed by atoms with E-state index in [1.165, 1.54) is 58.5 Å². The third kappa shape index (κ3) is 5.62. The zero-order valence-corrected chi connectivity index (χ0v) is 13.4. The first-order valence-electron chi connectivity index (χ1n) is 6.89. The second kappa shape index (κ2) is 9.38. The molecule has 2 aliphatic rings. The minimum absolute atomic E-state index is 0. The van der Waals surface area contributed by atoms with Gasteiger partial charge < -0.3 is 10.2 Å². The van der Waals surface area contributed by atoms with Gasteiger partial charge in [0, 0.05) is 25.7 Å². The Bertz CT molecular complexity index is 210. The zero-order chi connectivity index (χ0) is 11.4. The molecule has 2 aliphatic heterocycles. The van der Waals surface area contributed by atoms with Crippen LogP contribution in [-0.4, -0.2) is 62.2 Å². The Labute approximate surface area is 124 Å². The summed E-state index contributed by atoms with van der Waals surface area (Å²) in [5.41, 5.74) is 0. The maximum Gasteiger partial charge on any atom is 0.0195 e. The van der Waals surface area contributed by atoms with E-state index >= 15 is 0 Å². The molecule has 18 heavy (non-hydrogen) atoms. The van der Waals surface area contributed by atoms with Crippen molar-refractivity contribution < 1.29 is 0 Å². The van der Waals surface area contributed by atoms with Gasteiger partial charge in [-0.25, -0.2) is 0 Å². The standard InChI is InChI=1S/C13H27N3.2ClH/c1-12-11-15(2)9-10-16(12)8-5-13-3-6-14-7-4-13;;/h12-14H,3-11H2,1-2H3;2*1H. The van der Waals surface area contributed by atoms with E-state index in [-0.39, 0.29) is 24.8 Å². The minimum atomic E-state index is 0. The van der Waals surface area contributed by atoms with Gasteiger partial charge in [0.05, 0.1) is 0 Å². The lowest BCUT2D eigenvalue weighted by molar-refractivity contribution is 0.0924. The fourth-order valence-electron chi connectivity index (χ4n) is 3.03. The number of likely N-dealkylation sites (N-methyl/N-ethyl adjacent to an activating group) is 1. The quantitative estimate of drug-likeness (QED) is 0.858. The molecule has 0 spiro atoms. The Hall–Kier alpha value is 0.460. The second-order valence-electron chi connectivity index (χ2n) is 5.63. The molecule has 0 radical (unpaired) electrons. The molecule has 1 unspecified atom stereocenters. The summed E-state index contributed by atoms with van der Waals surface area (Å²) in [5.74, 6) is 0.980. The van der Waals surface area contributed by atoms with E-state index in [4.69, 9.17) is 0 Å². The summed E-state index contributed by atoms with van der Waals surface area (Å²) in [6.45, 7) is 9.93. The van der Waals surface area contributed by atoms with Crippen molar-refractivity contribution in [1.82, 2.24) is 15.1 Å². The smallest absolute Gasteiger partial charge is 0.0195 e. The monoisotopic (exact) mass is 297 g/mol. The highest BCUT2D eigenvalue weighted by Gasteiger charge is 2.22. The Balaban J connectivity index is 0.00000144. The predicted molar refractivity (Wildman–Crippen MR) is 83.2 cm³/mol. The van der Waals surface area contributed by atoms with Crippen molar-refractivity contribution in [3.05, 3.63) is 0 Å². The van der Waals surface area contributed by atoms with Gasteiger partial charge in [0.15, 0.2) is 0 Å². The van der Waals surface area contributed by atoms with Crippen LogP contribution in [0.1, 0.15) is 26.2 Å². The molecule has 110 valence electrons. The van der Waals surface area contributed by atoms with Crippen molar-refractivity contribution in [3.63, 3.8) is 0 Å². The number of piperidine rings is 1. The van der Waals surface area contributed by atoms with Crippen molar-refractivity contribution in [1.29, 1.82) is 0 Å². The fraction of sp³-hybridized carbons (Fsp3) is 1.00. The van der Waals surface area contributed by atoms with Crippen LogP contribution in [0.15, 0.2) is 0 Å². The third-order valence-electron chi connectivity index (χ3n) is 4.25. The first kappa shape index (κ1) is 18.5. The van der Waals surface area contributed by atoms with E-state index in [0.717, 1.165) is 12.0 Å². The van der Waals surface area contributed by atoms with Crippen LogP contribution in [0, 0.1) is 5.92 Å². The highest BCUT2D eigenvalue weighted by Crippen LogP contribution is 2.18. The number of rotatable bonds is 3. The van der Waals surface area contributed by atoms with Crippen molar-refractivity contribution in [2.45, 2.75) is 32.2 Å². The summed E-state index contributed by atoms with van der Waals surface area (Å²) >= 11 is 0. The first-order valence-corrected chi connectivity index (χ1v) is 6.89. The van der Waals surface area contributed by atoms with E-state index in [9.17, 15) is 0 Å². The number of halogens is 2. The summed E-state index contributed by atoms with van der Waals surface area (Å²) < 4.78 is 0. The Morgan fingerprint density at radius 1 is 1.11 bits per heavy atom. The van der Waals surface area contributed by atoms with Gasteiger partial charge in [0.2, 0.25) is 0 Å². The summed E-state index contributed by atoms with van der Waals surface area (Å²) in [6.07, 6.45) is 4.19. The van der Waals surface area contributed by atoms with Gasteiger partial charge in [0.25, 0.3) is 0 Å². The van der Waals surface area contributed by atoms with Crippen LogP contribution in [0.2, 0.25) is 0 Å². The van der Waals surface area contributed by atoms with Gasteiger partial charge in [-0.15, -0.1) is 24.8 Å². The maximum absolute atomic E-state index is 3.45. The molecule has 2 fully saturated rings. The van der Waals surface area contributed by atoms with E-state index < -0.39 is 0 Å². The highest BCUT2D eigenvalue weighted by molar-refractivity contribution is 5.85. The topological polar surface area (TPSA) is 18.5 Å². The summed E-state index contributed by atoms with van der Waals surface area (Å²) in [6, 6.07) is 0.750. The number of piperazine rings is 1. The summed E-state index contributed by atoms with van der Waals surface area (Å²) in [4.78, 5) is 5.13. The van der Waals surface area contributed by atoms with Gasteiger partial charge in [-0.2, -0.15) is 0 Å². The molecule has 0 aromatic rings. The molecular formula is C13H29Cl2N3. The Kier molecular flexibility index (Phi) is 9.62. The Morgan fingerprint density at radius 3 is 2.39 bits per heavy atom. The van der Waals surface area contributed by atoms with E-state index in [2.05, 4.69) is 29.1 Å². The third-order valence-corrected chi connectivity index (χ3v) is 4.25. The molecular weight excluding hydrogens is 269 g/mol. The average Bonchev–Trinajstić information content (AvgIpc) is 2.29. The molecule has 3 nitrogen and oxygen atoms in total. The van der Waals surface area contributed by atoms with Gasteiger partial charge in [0.1, 0.15) is 0 Å². The number of nitrogens with one attached hydrogen (secondary N) is 1. The van der Waals surface area contributed by atoms with Crippen LogP contribution in [0.5, 0.6) is 0 Å². The van der Waals surface area contributed by atoms with E-state index in [1.54, 1.807) is 0 Å². The zero-order valence-electron chi connectivity index (χ0n) is 11.7. The normalized spacial score (nSPS) is 27.3. The average molecular weight is 298 g/mol. The molecule has 0 amide bonds. The Morgan fingerprint density at radius 2 is 1.78 bits per heavy atom. The van der Waals surface area contributed by atoms with Crippen LogP contribution in [0.4, 0.5) is 0 Å². The van der Waals surface area contributed by atoms with Gasteiger partial charge in [-0.1, -0.05) is 0 Å². The van der Waals surface area contributed by atoms with E-state index in [1.807, 2.05) is 0 Å². The summed E-state index contributed by atoms with van der Waals surface area (Å²) in [7, 11) is 2.24. The van der Waals surface area contributed by atoms with Gasteiger partial charge in [-0.3, -0.25) is 4.90 Å². The van der Waals surface area contributed by atoms with Crippen LogP contribution >= 0.6 is 24.8 Å². The van der Waals surface area contributed by atoms with Crippen molar-refractivity contribution >= 4 is 24.8 Å². The van der Waals surface area contributed by atoms with Crippen LogP contribution < -0.4 is 5.32 Å². The van der Waals surface area contributed by atoms with Gasteiger partial charge >= 0.3 is 0 Å². The number of nitrogens with zero attached hydrogens (tertiary/aromatic N) is 2. The molecule has 0 aliphatic carbocycles. The fourth-order valence-corrected chi connectivity index (χ4v) is 3.03. The van der Waals surface area contributed by atoms with Crippen LogP contribution in [-0.2, 0) is 0 Å². The number of hydrogen-bond donors (Lipinski definition) is 1. The molecule has 1 N–H and O–H groups in total. The SMILES string of the molecule is CC1CN(C)CCN1CCC1CCNCC1.Cl.Cl. The van der Waals surface area contributed by atoms with E-state index in [0.29, 0.717) is 0 Å². The molecule has 0 aromatic heterocycles. The molecule has 0 aromatic carbocycles. The largest absolute Gasteiger partial charge is 0.317 e. The lowest BCUT2D eigenvalue weighted by atomic mass is 9.94. The van der Waals surface area contributed by atoms with Crippen molar-refractivity contribution in [2.75, 3.05) is 46.3 Å². The lowest BCUT2D eigenvalue weighted by Gasteiger charge is -2.39. The first-order chi connectivity index (χ1) is 7.75.